The van der Waals surface area contributed by atoms with Crippen molar-refractivity contribution < 1.29 is 19.4 Å². The fraction of sp³-hybridized carbons (Fsp3) is 0.250. The number of amides is 1. The number of rotatable bonds is 10. The average Bonchev–Trinajstić information content (AvgIpc) is 3.62. The maximum atomic E-state index is 13.8. The monoisotopic (exact) mass is 578 g/mol. The molecule has 1 unspecified atom stereocenters. The van der Waals surface area contributed by atoms with E-state index in [9.17, 15) is 14.7 Å². The highest BCUT2D eigenvalue weighted by atomic mass is 32.2. The van der Waals surface area contributed by atoms with Crippen LogP contribution < -0.4 is 9.64 Å². The summed E-state index contributed by atoms with van der Waals surface area (Å²) in [4.78, 5) is 33.4. The van der Waals surface area contributed by atoms with Gasteiger partial charge < -0.3 is 9.84 Å². The molecule has 3 heterocycles. The first kappa shape index (κ1) is 27.0. The van der Waals surface area contributed by atoms with E-state index in [0.29, 0.717) is 43.7 Å². The van der Waals surface area contributed by atoms with Crippen LogP contribution in [0.5, 0.6) is 5.75 Å². The molecule has 5 rings (SSSR count). The molecule has 8 nitrogen and oxygen atoms in total. The van der Waals surface area contributed by atoms with Gasteiger partial charge in [-0.3, -0.25) is 14.5 Å². The van der Waals surface area contributed by atoms with Crippen LogP contribution in [0, 0.1) is 13.8 Å². The lowest BCUT2D eigenvalue weighted by Crippen LogP contribution is -2.31. The fourth-order valence-corrected chi connectivity index (χ4v) is 6.96. The Kier molecular flexibility index (Phi) is 8.10. The lowest BCUT2D eigenvalue weighted by atomic mass is 9.95. The Morgan fingerprint density at radius 1 is 1.08 bits per heavy atom. The Labute approximate surface area is 238 Å². The number of aliphatic hydroxyl groups is 1. The molecule has 4 aromatic rings. The number of thioether (sulfide) groups is 1. The summed E-state index contributed by atoms with van der Waals surface area (Å²) >= 11 is 4.00. The molecule has 200 valence electrons. The van der Waals surface area contributed by atoms with Crippen LogP contribution in [0.3, 0.4) is 0 Å². The third-order valence-electron chi connectivity index (χ3n) is 6.04. The van der Waals surface area contributed by atoms with Gasteiger partial charge in [-0.1, -0.05) is 72.5 Å². The Morgan fingerprint density at radius 2 is 1.82 bits per heavy atom. The molecule has 1 amide bonds. The van der Waals surface area contributed by atoms with Crippen molar-refractivity contribution in [2.45, 2.75) is 43.3 Å². The van der Waals surface area contributed by atoms with Crippen LogP contribution >= 0.6 is 34.4 Å². The van der Waals surface area contributed by atoms with Gasteiger partial charge >= 0.3 is 0 Å². The predicted molar refractivity (Wildman–Crippen MR) is 154 cm³/mol. The van der Waals surface area contributed by atoms with Crippen molar-refractivity contribution in [3.63, 3.8) is 0 Å². The van der Waals surface area contributed by atoms with Crippen LogP contribution in [0.25, 0.3) is 0 Å². The number of thiazole rings is 1. The first-order valence-corrected chi connectivity index (χ1v) is 15.0. The van der Waals surface area contributed by atoms with Gasteiger partial charge in [0.15, 0.2) is 10.1 Å². The van der Waals surface area contributed by atoms with E-state index in [1.165, 1.54) is 39.3 Å². The molecule has 1 aliphatic rings. The molecule has 1 aliphatic heterocycles. The Hall–Kier alpha value is -3.54. The van der Waals surface area contributed by atoms with E-state index in [1.807, 2.05) is 44.2 Å². The highest BCUT2D eigenvalue weighted by molar-refractivity contribution is 8.00. The standard InChI is InChI=1S/C28H26N4O4S3/c1-4-14-36-20-12-10-19(11-13-20)22-21(23(33)25-16(2)29-17(3)38-25)24(34)26(35)32(22)27-30-31-28(39-27)37-15-18-8-6-5-7-9-18/h5-13,22,34H,4,14-15H2,1-3H3. The number of aliphatic hydroxyl groups excluding tert-OH is 1. The summed E-state index contributed by atoms with van der Waals surface area (Å²) < 4.78 is 6.39. The van der Waals surface area contributed by atoms with Gasteiger partial charge in [0, 0.05) is 5.75 Å². The zero-order valence-electron chi connectivity index (χ0n) is 21.6. The van der Waals surface area contributed by atoms with E-state index >= 15 is 0 Å². The summed E-state index contributed by atoms with van der Waals surface area (Å²) in [5, 5.41) is 20.7. The van der Waals surface area contributed by atoms with Gasteiger partial charge in [-0.05, 0) is 43.5 Å². The number of carbonyl (C=O) groups is 2. The average molecular weight is 579 g/mol. The van der Waals surface area contributed by atoms with E-state index in [0.717, 1.165) is 17.0 Å². The van der Waals surface area contributed by atoms with Crippen molar-refractivity contribution in [1.82, 2.24) is 15.2 Å². The van der Waals surface area contributed by atoms with Crippen LogP contribution in [0.2, 0.25) is 0 Å². The van der Waals surface area contributed by atoms with Gasteiger partial charge in [-0.15, -0.1) is 21.5 Å². The summed E-state index contributed by atoms with van der Waals surface area (Å²) in [5.74, 6) is -0.323. The summed E-state index contributed by atoms with van der Waals surface area (Å²) in [6.45, 7) is 6.17. The highest BCUT2D eigenvalue weighted by Gasteiger charge is 2.46. The highest BCUT2D eigenvalue weighted by Crippen LogP contribution is 2.44. The third kappa shape index (κ3) is 5.61. The zero-order chi connectivity index (χ0) is 27.5. The molecule has 0 spiro atoms. The van der Waals surface area contributed by atoms with Crippen molar-refractivity contribution in [3.8, 4) is 5.75 Å². The lowest BCUT2D eigenvalue weighted by Gasteiger charge is -2.24. The number of nitrogens with zero attached hydrogens (tertiary/aromatic N) is 4. The number of carbonyl (C=O) groups excluding carboxylic acids is 2. The quantitative estimate of drug-likeness (QED) is 0.130. The van der Waals surface area contributed by atoms with Gasteiger partial charge in [-0.2, -0.15) is 0 Å². The number of aryl methyl sites for hydroxylation is 2. The molecule has 1 atom stereocenters. The third-order valence-corrected chi connectivity index (χ3v) is 9.24. The minimum absolute atomic E-state index is 0.00247. The van der Waals surface area contributed by atoms with Crippen LogP contribution in [0.1, 0.15) is 50.9 Å². The Morgan fingerprint density at radius 3 is 2.49 bits per heavy atom. The summed E-state index contributed by atoms with van der Waals surface area (Å²) in [7, 11) is 0. The zero-order valence-corrected chi connectivity index (χ0v) is 24.0. The topological polar surface area (TPSA) is 106 Å². The van der Waals surface area contributed by atoms with E-state index in [2.05, 4.69) is 15.2 Å². The van der Waals surface area contributed by atoms with Crippen molar-refractivity contribution in [3.05, 3.63) is 92.6 Å². The number of hydrogen-bond donors (Lipinski definition) is 1. The number of hydrogen-bond acceptors (Lipinski definition) is 10. The molecule has 39 heavy (non-hydrogen) atoms. The first-order valence-electron chi connectivity index (χ1n) is 12.4. The van der Waals surface area contributed by atoms with Crippen LogP contribution in [0.4, 0.5) is 5.13 Å². The van der Waals surface area contributed by atoms with Crippen LogP contribution in [-0.4, -0.2) is 38.6 Å². The van der Waals surface area contributed by atoms with Gasteiger partial charge in [0.1, 0.15) is 5.75 Å². The second-order valence-electron chi connectivity index (χ2n) is 8.86. The van der Waals surface area contributed by atoms with Crippen molar-refractivity contribution in [2.75, 3.05) is 11.5 Å². The molecular weight excluding hydrogens is 553 g/mol. The summed E-state index contributed by atoms with van der Waals surface area (Å²) in [6.07, 6.45) is 0.872. The molecular formula is C28H26N4O4S3. The maximum Gasteiger partial charge on any atom is 0.296 e. The molecule has 2 aromatic carbocycles. The van der Waals surface area contributed by atoms with E-state index in [4.69, 9.17) is 4.74 Å². The maximum absolute atomic E-state index is 13.8. The van der Waals surface area contributed by atoms with Crippen LogP contribution in [0.15, 0.2) is 70.3 Å². The fourth-order valence-electron chi connectivity index (χ4n) is 4.26. The molecule has 0 bridgehead atoms. The van der Waals surface area contributed by atoms with Gasteiger partial charge in [-0.25, -0.2) is 4.98 Å². The number of Topliss-reactive ketones (excluding diaryl/α,β-unsaturated/α-hetero) is 1. The summed E-state index contributed by atoms with van der Waals surface area (Å²) in [5.41, 5.74) is 2.35. The van der Waals surface area contributed by atoms with E-state index in [-0.39, 0.29) is 5.57 Å². The number of anilines is 1. The minimum Gasteiger partial charge on any atom is -0.503 e. The second-order valence-corrected chi connectivity index (χ2v) is 12.2. The largest absolute Gasteiger partial charge is 0.503 e. The molecule has 2 aromatic heterocycles. The number of aromatic nitrogens is 3. The minimum atomic E-state index is -0.882. The Bertz CT molecular complexity index is 1530. The molecule has 0 saturated heterocycles. The first-order chi connectivity index (χ1) is 18.9. The van der Waals surface area contributed by atoms with Crippen molar-refractivity contribution in [2.24, 2.45) is 0 Å². The van der Waals surface area contributed by atoms with Crippen molar-refractivity contribution >= 4 is 51.3 Å². The second kappa shape index (κ2) is 11.7. The van der Waals surface area contributed by atoms with Gasteiger partial charge in [0.05, 0.1) is 33.8 Å². The molecule has 0 radical (unpaired) electrons. The summed E-state index contributed by atoms with van der Waals surface area (Å²) in [6, 6.07) is 16.3. The predicted octanol–water partition coefficient (Wildman–Crippen LogP) is 6.48. The lowest BCUT2D eigenvalue weighted by molar-refractivity contribution is -0.117. The SMILES string of the molecule is CCCOc1ccc(C2C(C(=O)c3sc(C)nc3C)=C(O)C(=O)N2c2nnc(SCc3ccccc3)s2)cc1. The molecule has 0 aliphatic carbocycles. The smallest absolute Gasteiger partial charge is 0.296 e. The molecule has 0 fully saturated rings. The van der Waals surface area contributed by atoms with Crippen molar-refractivity contribution in [1.29, 1.82) is 0 Å². The number of ketones is 1. The number of benzene rings is 2. The van der Waals surface area contributed by atoms with Gasteiger partial charge in [0.2, 0.25) is 10.9 Å². The number of ether oxygens (including phenoxy) is 1. The van der Waals surface area contributed by atoms with E-state index < -0.39 is 23.5 Å². The van der Waals surface area contributed by atoms with Crippen LogP contribution in [-0.2, 0) is 10.5 Å². The molecule has 1 N–H and O–H groups in total. The van der Waals surface area contributed by atoms with E-state index in [1.54, 1.807) is 31.2 Å². The Balaban J connectivity index is 1.50. The molecule has 0 saturated carbocycles. The normalized spacial score (nSPS) is 15.3. The van der Waals surface area contributed by atoms with Gasteiger partial charge in [0.25, 0.3) is 5.91 Å². The molecule has 11 heteroatoms.